The summed E-state index contributed by atoms with van der Waals surface area (Å²) in [6, 6.07) is 2.78. The fraction of sp³-hybridized carbons (Fsp3) is 0.455. The molecule has 0 spiro atoms. The van der Waals surface area contributed by atoms with Gasteiger partial charge in [-0.2, -0.15) is 0 Å². The van der Waals surface area contributed by atoms with Gasteiger partial charge in [-0.3, -0.25) is 0 Å². The van der Waals surface area contributed by atoms with E-state index in [4.69, 9.17) is 17.3 Å². The minimum atomic E-state index is 0.243. The molecule has 1 heterocycles. The molecule has 0 aromatic carbocycles. The van der Waals surface area contributed by atoms with Crippen LogP contribution in [0.4, 0.5) is 0 Å². The second kappa shape index (κ2) is 5.12. The maximum atomic E-state index is 5.91. The van der Waals surface area contributed by atoms with Crippen LogP contribution < -0.4 is 11.1 Å². The average Bonchev–Trinajstić information content (AvgIpc) is 2.85. The lowest BCUT2D eigenvalue weighted by Crippen LogP contribution is -2.34. The van der Waals surface area contributed by atoms with Crippen LogP contribution in [0.15, 0.2) is 23.6 Å². The molecule has 0 saturated carbocycles. The lowest BCUT2D eigenvalue weighted by Gasteiger charge is -2.20. The maximum Gasteiger partial charge on any atom is 0.0542 e. The fourth-order valence-corrected chi connectivity index (χ4v) is 2.97. The number of thiophene rings is 1. The number of hydrogen-bond acceptors (Lipinski definition) is 3. The molecule has 1 unspecified atom stereocenters. The molecule has 0 amide bonds. The highest BCUT2D eigenvalue weighted by atomic mass is 35.5. The van der Waals surface area contributed by atoms with Crippen LogP contribution in [0.3, 0.4) is 0 Å². The largest absolute Gasteiger partial charge is 0.329 e. The Morgan fingerprint density at radius 2 is 2.27 bits per heavy atom. The van der Waals surface area contributed by atoms with Crippen molar-refractivity contribution in [1.29, 1.82) is 0 Å². The van der Waals surface area contributed by atoms with Crippen LogP contribution in [0.2, 0.25) is 5.02 Å². The summed E-state index contributed by atoms with van der Waals surface area (Å²) in [6.45, 7) is 0.618. The second-order valence-corrected chi connectivity index (χ2v) is 5.14. The first-order valence-electron chi connectivity index (χ1n) is 5.14. The lowest BCUT2D eigenvalue weighted by atomic mass is 10.1. The third kappa shape index (κ3) is 2.82. The molecule has 2 nitrogen and oxygen atoms in total. The van der Waals surface area contributed by atoms with Crippen LogP contribution in [0.5, 0.6) is 0 Å². The molecule has 1 aliphatic carbocycles. The molecule has 82 valence electrons. The van der Waals surface area contributed by atoms with Crippen molar-refractivity contribution in [2.24, 2.45) is 5.73 Å². The van der Waals surface area contributed by atoms with Gasteiger partial charge in [-0.25, -0.2) is 0 Å². The maximum absolute atomic E-state index is 5.91. The van der Waals surface area contributed by atoms with E-state index in [1.807, 2.05) is 11.4 Å². The Morgan fingerprint density at radius 1 is 1.53 bits per heavy atom. The zero-order valence-electron chi connectivity index (χ0n) is 8.45. The number of hydrogen-bond donors (Lipinski definition) is 2. The summed E-state index contributed by atoms with van der Waals surface area (Å²) in [5, 5.41) is 6.32. The molecule has 0 bridgehead atoms. The van der Waals surface area contributed by atoms with Gasteiger partial charge in [0, 0.05) is 22.8 Å². The third-order valence-corrected chi connectivity index (χ3v) is 4.01. The molecule has 0 aliphatic heterocycles. The highest BCUT2D eigenvalue weighted by Crippen LogP contribution is 2.26. The molecule has 4 heteroatoms. The molecule has 3 N–H and O–H groups in total. The van der Waals surface area contributed by atoms with Gasteiger partial charge in [-0.1, -0.05) is 23.8 Å². The van der Waals surface area contributed by atoms with Crippen molar-refractivity contribution in [3.8, 4) is 0 Å². The molecular formula is C11H15ClN2S. The SMILES string of the molecule is NCC(NC1CC=CC1)c1cc(Cl)cs1. The summed E-state index contributed by atoms with van der Waals surface area (Å²) >= 11 is 7.58. The Morgan fingerprint density at radius 3 is 2.80 bits per heavy atom. The number of halogens is 1. The van der Waals surface area contributed by atoms with E-state index in [1.165, 1.54) is 4.88 Å². The van der Waals surface area contributed by atoms with Gasteiger partial charge in [-0.05, 0) is 18.9 Å². The van der Waals surface area contributed by atoms with Crippen LogP contribution in [0, 0.1) is 0 Å². The highest BCUT2D eigenvalue weighted by molar-refractivity contribution is 7.10. The van der Waals surface area contributed by atoms with Crippen LogP contribution in [0.1, 0.15) is 23.8 Å². The molecule has 0 fully saturated rings. The number of nitrogens with two attached hydrogens (primary N) is 1. The van der Waals surface area contributed by atoms with Crippen molar-refractivity contribution >= 4 is 22.9 Å². The topological polar surface area (TPSA) is 38.0 Å². The summed E-state index contributed by atoms with van der Waals surface area (Å²) in [6.07, 6.45) is 6.64. The van der Waals surface area contributed by atoms with Crippen molar-refractivity contribution < 1.29 is 0 Å². The van der Waals surface area contributed by atoms with Gasteiger partial charge >= 0.3 is 0 Å². The molecule has 0 radical (unpaired) electrons. The van der Waals surface area contributed by atoms with Crippen molar-refractivity contribution in [1.82, 2.24) is 5.32 Å². The molecule has 1 atom stereocenters. The fourth-order valence-electron chi connectivity index (χ4n) is 1.82. The van der Waals surface area contributed by atoms with Crippen LogP contribution >= 0.6 is 22.9 Å². The van der Waals surface area contributed by atoms with Gasteiger partial charge in [0.15, 0.2) is 0 Å². The summed E-state index contributed by atoms with van der Waals surface area (Å²) in [5.41, 5.74) is 5.77. The summed E-state index contributed by atoms with van der Waals surface area (Å²) in [5.74, 6) is 0. The minimum absolute atomic E-state index is 0.243. The summed E-state index contributed by atoms with van der Waals surface area (Å²) in [4.78, 5) is 1.23. The monoisotopic (exact) mass is 242 g/mol. The Labute approximate surface area is 99.1 Å². The molecule has 0 saturated heterocycles. The molecule has 1 aromatic heterocycles. The molecule has 1 aromatic rings. The van der Waals surface area contributed by atoms with Gasteiger partial charge in [0.1, 0.15) is 0 Å². The van der Waals surface area contributed by atoms with Crippen molar-refractivity contribution in [3.05, 3.63) is 33.5 Å². The molecule has 2 rings (SSSR count). The van der Waals surface area contributed by atoms with E-state index in [0.717, 1.165) is 17.9 Å². The normalized spacial score (nSPS) is 18.5. The minimum Gasteiger partial charge on any atom is -0.329 e. The highest BCUT2D eigenvalue weighted by Gasteiger charge is 2.17. The average molecular weight is 243 g/mol. The van der Waals surface area contributed by atoms with Gasteiger partial charge < -0.3 is 11.1 Å². The first-order valence-corrected chi connectivity index (χ1v) is 6.40. The second-order valence-electron chi connectivity index (χ2n) is 3.76. The van der Waals surface area contributed by atoms with E-state index in [-0.39, 0.29) is 6.04 Å². The van der Waals surface area contributed by atoms with E-state index < -0.39 is 0 Å². The predicted octanol–water partition coefficient (Wildman–Crippen LogP) is 2.71. The first kappa shape index (κ1) is 11.1. The lowest BCUT2D eigenvalue weighted by molar-refractivity contribution is 0.458. The standard InChI is InChI=1S/C11H15ClN2S/c12-8-5-11(15-7-8)10(6-13)14-9-3-1-2-4-9/h1-2,5,7,9-10,14H,3-4,6,13H2. The Kier molecular flexibility index (Phi) is 3.81. The van der Waals surface area contributed by atoms with Crippen molar-refractivity contribution in [2.45, 2.75) is 24.9 Å². The van der Waals surface area contributed by atoms with E-state index in [9.17, 15) is 0 Å². The van der Waals surface area contributed by atoms with Crippen molar-refractivity contribution in [3.63, 3.8) is 0 Å². The van der Waals surface area contributed by atoms with E-state index in [2.05, 4.69) is 17.5 Å². The first-order chi connectivity index (χ1) is 7.29. The number of nitrogens with one attached hydrogen (secondary N) is 1. The third-order valence-electron chi connectivity index (χ3n) is 2.61. The zero-order valence-corrected chi connectivity index (χ0v) is 10.0. The van der Waals surface area contributed by atoms with Crippen LogP contribution in [0.25, 0.3) is 0 Å². The molecular weight excluding hydrogens is 228 g/mol. The Hall–Kier alpha value is -0.350. The number of rotatable bonds is 4. The molecule has 1 aliphatic rings. The van der Waals surface area contributed by atoms with E-state index in [1.54, 1.807) is 11.3 Å². The quantitative estimate of drug-likeness (QED) is 0.797. The summed E-state index contributed by atoms with van der Waals surface area (Å²) < 4.78 is 0. The van der Waals surface area contributed by atoms with Gasteiger partial charge in [0.05, 0.1) is 11.1 Å². The van der Waals surface area contributed by atoms with Gasteiger partial charge in [0.2, 0.25) is 0 Å². The molecule has 15 heavy (non-hydrogen) atoms. The van der Waals surface area contributed by atoms with Gasteiger partial charge in [0.25, 0.3) is 0 Å². The van der Waals surface area contributed by atoms with E-state index >= 15 is 0 Å². The zero-order chi connectivity index (χ0) is 10.7. The summed E-state index contributed by atoms with van der Waals surface area (Å²) in [7, 11) is 0. The smallest absolute Gasteiger partial charge is 0.0542 e. The van der Waals surface area contributed by atoms with Gasteiger partial charge in [-0.15, -0.1) is 11.3 Å². The Balaban J connectivity index is 1.97. The van der Waals surface area contributed by atoms with Crippen molar-refractivity contribution in [2.75, 3.05) is 6.54 Å². The van der Waals surface area contributed by atoms with E-state index in [0.29, 0.717) is 12.6 Å². The predicted molar refractivity (Wildman–Crippen MR) is 66.4 cm³/mol. The van der Waals surface area contributed by atoms with Crippen LogP contribution in [-0.4, -0.2) is 12.6 Å². The van der Waals surface area contributed by atoms with Crippen LogP contribution in [-0.2, 0) is 0 Å². The Bertz CT molecular complexity index is 340.